The van der Waals surface area contributed by atoms with Gasteiger partial charge in [0.2, 0.25) is 5.91 Å². The van der Waals surface area contributed by atoms with Gasteiger partial charge in [-0.25, -0.2) is 0 Å². The molecule has 2 atom stereocenters. The first-order valence-corrected chi connectivity index (χ1v) is 15.4. The van der Waals surface area contributed by atoms with Crippen LogP contribution in [0.15, 0.2) is 12.2 Å². The van der Waals surface area contributed by atoms with Gasteiger partial charge in [-0.2, -0.15) is 0 Å². The monoisotopic (exact) mass is 495 g/mol. The van der Waals surface area contributed by atoms with Gasteiger partial charge in [-0.3, -0.25) is 4.79 Å². The quantitative estimate of drug-likeness (QED) is 0.0791. The molecule has 0 radical (unpaired) electrons. The second-order valence-electron chi connectivity index (χ2n) is 10.5. The van der Waals surface area contributed by atoms with Crippen LogP contribution in [0.2, 0.25) is 0 Å². The van der Waals surface area contributed by atoms with Gasteiger partial charge >= 0.3 is 0 Å². The summed E-state index contributed by atoms with van der Waals surface area (Å²) < 4.78 is 0. The van der Waals surface area contributed by atoms with E-state index in [4.69, 9.17) is 0 Å². The highest BCUT2D eigenvalue weighted by atomic mass is 16.3. The number of amides is 1. The SMILES string of the molecule is CCCCCCCC/C=C/CCCC[C@@H](O)[C@H](CO)NC(=O)CCCCCCCCCCCCC. The molecule has 0 unspecified atom stereocenters. The van der Waals surface area contributed by atoms with Gasteiger partial charge in [0.1, 0.15) is 0 Å². The summed E-state index contributed by atoms with van der Waals surface area (Å²) in [6.45, 7) is 4.30. The average molecular weight is 496 g/mol. The zero-order chi connectivity index (χ0) is 25.8. The zero-order valence-corrected chi connectivity index (χ0v) is 23.6. The molecule has 4 nitrogen and oxygen atoms in total. The molecule has 0 heterocycles. The van der Waals surface area contributed by atoms with E-state index in [2.05, 4.69) is 31.3 Å². The molecule has 0 aliphatic rings. The molecule has 0 rings (SSSR count). The smallest absolute Gasteiger partial charge is 0.220 e. The minimum absolute atomic E-state index is 0.0448. The van der Waals surface area contributed by atoms with Gasteiger partial charge in [0.15, 0.2) is 0 Å². The number of allylic oxidation sites excluding steroid dienone is 2. The number of unbranched alkanes of at least 4 members (excludes halogenated alkanes) is 18. The highest BCUT2D eigenvalue weighted by Crippen LogP contribution is 2.13. The van der Waals surface area contributed by atoms with Crippen molar-refractivity contribution in [1.29, 1.82) is 0 Å². The van der Waals surface area contributed by atoms with Crippen molar-refractivity contribution in [3.8, 4) is 0 Å². The van der Waals surface area contributed by atoms with Crippen LogP contribution in [0.4, 0.5) is 0 Å². The predicted octanol–water partition coefficient (Wildman–Crippen LogP) is 8.39. The maximum Gasteiger partial charge on any atom is 0.220 e. The number of aliphatic hydroxyl groups excluding tert-OH is 2. The van der Waals surface area contributed by atoms with E-state index < -0.39 is 12.1 Å². The maximum atomic E-state index is 12.2. The van der Waals surface area contributed by atoms with E-state index in [-0.39, 0.29) is 12.5 Å². The molecule has 4 heteroatoms. The Bertz CT molecular complexity index is 466. The highest BCUT2D eigenvalue weighted by Gasteiger charge is 2.19. The predicted molar refractivity (Wildman–Crippen MR) is 152 cm³/mol. The third kappa shape index (κ3) is 24.6. The zero-order valence-electron chi connectivity index (χ0n) is 23.6. The van der Waals surface area contributed by atoms with E-state index in [0.29, 0.717) is 12.8 Å². The molecule has 0 spiro atoms. The summed E-state index contributed by atoms with van der Waals surface area (Å²) in [7, 11) is 0. The van der Waals surface area contributed by atoms with Crippen LogP contribution in [-0.4, -0.2) is 34.9 Å². The molecule has 0 bridgehead atoms. The number of hydrogen-bond acceptors (Lipinski definition) is 3. The van der Waals surface area contributed by atoms with Crippen LogP contribution >= 0.6 is 0 Å². The van der Waals surface area contributed by atoms with Crippen molar-refractivity contribution >= 4 is 5.91 Å². The average Bonchev–Trinajstić information content (AvgIpc) is 2.86. The van der Waals surface area contributed by atoms with Gasteiger partial charge in [0.05, 0.1) is 18.8 Å². The molecule has 0 aromatic heterocycles. The molecule has 3 N–H and O–H groups in total. The third-order valence-corrected chi connectivity index (χ3v) is 7.03. The van der Waals surface area contributed by atoms with Crippen LogP contribution in [0.5, 0.6) is 0 Å². The molecule has 0 aromatic carbocycles. The number of nitrogens with one attached hydrogen (secondary N) is 1. The third-order valence-electron chi connectivity index (χ3n) is 7.03. The van der Waals surface area contributed by atoms with E-state index in [0.717, 1.165) is 32.1 Å². The summed E-state index contributed by atoms with van der Waals surface area (Å²) in [4.78, 5) is 12.2. The topological polar surface area (TPSA) is 69.6 Å². The largest absolute Gasteiger partial charge is 0.394 e. The Labute approximate surface area is 218 Å². The molecule has 35 heavy (non-hydrogen) atoms. The fraction of sp³-hybridized carbons (Fsp3) is 0.903. The van der Waals surface area contributed by atoms with Crippen molar-refractivity contribution in [3.05, 3.63) is 12.2 Å². The lowest BCUT2D eigenvalue weighted by molar-refractivity contribution is -0.123. The lowest BCUT2D eigenvalue weighted by Gasteiger charge is -2.22. The number of rotatable bonds is 27. The van der Waals surface area contributed by atoms with Crippen molar-refractivity contribution in [1.82, 2.24) is 5.32 Å². The van der Waals surface area contributed by atoms with E-state index in [1.54, 1.807) is 0 Å². The van der Waals surface area contributed by atoms with Crippen molar-refractivity contribution in [2.45, 2.75) is 174 Å². The molecular formula is C31H61NO3. The first-order valence-electron chi connectivity index (χ1n) is 15.4. The Morgan fingerprint density at radius 3 is 1.57 bits per heavy atom. The van der Waals surface area contributed by atoms with Crippen molar-refractivity contribution in [2.24, 2.45) is 0 Å². The van der Waals surface area contributed by atoms with Crippen molar-refractivity contribution < 1.29 is 15.0 Å². The summed E-state index contributed by atoms with van der Waals surface area (Å²) in [5, 5.41) is 22.8. The van der Waals surface area contributed by atoms with Crippen LogP contribution in [0.3, 0.4) is 0 Å². The lowest BCUT2D eigenvalue weighted by atomic mass is 10.0. The molecule has 0 aromatic rings. The van der Waals surface area contributed by atoms with Gasteiger partial charge < -0.3 is 15.5 Å². The Morgan fingerprint density at radius 1 is 0.657 bits per heavy atom. The second kappa shape index (κ2) is 27.7. The lowest BCUT2D eigenvalue weighted by Crippen LogP contribution is -2.45. The standard InChI is InChI=1S/C31H61NO3/c1-3-5-7-9-11-13-15-17-18-20-22-24-26-30(34)29(28-33)32-31(35)27-25-23-21-19-16-14-12-10-8-6-4-2/h17-18,29-30,33-34H,3-16,19-28H2,1-2H3,(H,32,35)/b18-17+/t29-,30+/m0/s1. The summed E-state index contributed by atoms with van der Waals surface area (Å²) in [5.41, 5.74) is 0. The minimum atomic E-state index is -0.673. The molecule has 0 aliphatic carbocycles. The van der Waals surface area contributed by atoms with Gasteiger partial charge in [-0.05, 0) is 38.5 Å². The fourth-order valence-corrected chi connectivity index (χ4v) is 4.59. The number of hydrogen-bond donors (Lipinski definition) is 3. The molecule has 1 amide bonds. The summed E-state index contributed by atoms with van der Waals surface area (Å²) in [6.07, 6.45) is 31.1. The van der Waals surface area contributed by atoms with Crippen LogP contribution < -0.4 is 5.32 Å². The Hall–Kier alpha value is -0.870. The maximum absolute atomic E-state index is 12.2. The second-order valence-corrected chi connectivity index (χ2v) is 10.5. The minimum Gasteiger partial charge on any atom is -0.394 e. The Morgan fingerprint density at radius 2 is 1.09 bits per heavy atom. The summed E-state index contributed by atoms with van der Waals surface area (Å²) in [6, 6.07) is -0.543. The van der Waals surface area contributed by atoms with Crippen LogP contribution in [0, 0.1) is 0 Å². The van der Waals surface area contributed by atoms with Crippen LogP contribution in [-0.2, 0) is 4.79 Å². The Kier molecular flexibility index (Phi) is 27.0. The van der Waals surface area contributed by atoms with Gasteiger partial charge in [-0.1, -0.05) is 129 Å². The van der Waals surface area contributed by atoms with Gasteiger partial charge in [0, 0.05) is 6.42 Å². The van der Waals surface area contributed by atoms with Gasteiger partial charge in [-0.15, -0.1) is 0 Å². The molecular weight excluding hydrogens is 434 g/mol. The van der Waals surface area contributed by atoms with Gasteiger partial charge in [0.25, 0.3) is 0 Å². The fourth-order valence-electron chi connectivity index (χ4n) is 4.59. The van der Waals surface area contributed by atoms with E-state index in [1.807, 2.05) is 0 Å². The first-order chi connectivity index (χ1) is 17.2. The van der Waals surface area contributed by atoms with Crippen LogP contribution in [0.25, 0.3) is 0 Å². The first kappa shape index (κ1) is 34.1. The molecule has 0 saturated carbocycles. The summed E-state index contributed by atoms with van der Waals surface area (Å²) in [5.74, 6) is -0.0448. The molecule has 0 aliphatic heterocycles. The van der Waals surface area contributed by atoms with E-state index in [9.17, 15) is 15.0 Å². The number of carbonyl (C=O) groups excluding carboxylic acids is 1. The van der Waals surface area contributed by atoms with E-state index >= 15 is 0 Å². The van der Waals surface area contributed by atoms with Crippen LogP contribution in [0.1, 0.15) is 162 Å². The summed E-state index contributed by atoms with van der Waals surface area (Å²) >= 11 is 0. The highest BCUT2D eigenvalue weighted by molar-refractivity contribution is 5.76. The van der Waals surface area contributed by atoms with Crippen molar-refractivity contribution in [3.63, 3.8) is 0 Å². The van der Waals surface area contributed by atoms with E-state index in [1.165, 1.54) is 103 Å². The Balaban J connectivity index is 3.65. The number of aliphatic hydroxyl groups is 2. The van der Waals surface area contributed by atoms with Crippen molar-refractivity contribution in [2.75, 3.05) is 6.61 Å². The molecule has 0 fully saturated rings. The number of carbonyl (C=O) groups is 1. The molecule has 208 valence electrons. The molecule has 0 saturated heterocycles. The normalized spacial score (nSPS) is 13.4.